The van der Waals surface area contributed by atoms with Crippen LogP contribution in [0, 0.1) is 6.92 Å². The molecule has 3 heterocycles. The minimum absolute atomic E-state index is 0.325. The lowest BCUT2D eigenvalue weighted by molar-refractivity contribution is 0.0331. The zero-order valence-electron chi connectivity index (χ0n) is 15.6. The Morgan fingerprint density at radius 1 is 1.35 bits per heavy atom. The summed E-state index contributed by atoms with van der Waals surface area (Å²) in [7, 11) is 3.38. The summed E-state index contributed by atoms with van der Waals surface area (Å²) in [5.41, 5.74) is 0.820. The average Bonchev–Trinajstić information content (AvgIpc) is 2.98. The lowest BCUT2D eigenvalue weighted by atomic mass is 10.2. The van der Waals surface area contributed by atoms with E-state index in [4.69, 9.17) is 24.3 Å². The van der Waals surface area contributed by atoms with Crippen LogP contribution >= 0.6 is 11.3 Å². The molecule has 2 aromatic rings. The molecule has 0 amide bonds. The van der Waals surface area contributed by atoms with Gasteiger partial charge < -0.3 is 9.47 Å². The Morgan fingerprint density at radius 2 is 2.08 bits per heavy atom. The molecule has 3 rings (SSSR count). The second kappa shape index (κ2) is 8.26. The number of nitrogens with zero attached hydrogens (tertiary/aromatic N) is 4. The highest BCUT2D eigenvalue weighted by Gasteiger charge is 2.24. The van der Waals surface area contributed by atoms with Crippen molar-refractivity contribution in [2.45, 2.75) is 20.4 Å². The number of carbonyl (C=O) groups excluding carboxylic acids is 1. The van der Waals surface area contributed by atoms with Crippen LogP contribution in [0.3, 0.4) is 0 Å². The van der Waals surface area contributed by atoms with Crippen molar-refractivity contribution in [1.29, 1.82) is 0 Å². The zero-order chi connectivity index (χ0) is 18.7. The summed E-state index contributed by atoms with van der Waals surface area (Å²) in [5, 5.41) is 2.43. The summed E-state index contributed by atoms with van der Waals surface area (Å²) in [4.78, 5) is 30.6. The molecule has 9 heteroatoms. The number of morpholine rings is 1. The van der Waals surface area contributed by atoms with Gasteiger partial charge in [-0.15, -0.1) is 11.3 Å². The number of ether oxygens (including phenoxy) is 2. The van der Waals surface area contributed by atoms with Crippen LogP contribution in [0.2, 0.25) is 0 Å². The summed E-state index contributed by atoms with van der Waals surface area (Å²) < 4.78 is 10.6. The molecular weight excluding hydrogens is 356 g/mol. The molecule has 0 radical (unpaired) electrons. The van der Waals surface area contributed by atoms with E-state index < -0.39 is 0 Å². The fourth-order valence-corrected chi connectivity index (χ4v) is 3.98. The summed E-state index contributed by atoms with van der Waals surface area (Å²) >= 11 is 1.34. The predicted molar refractivity (Wildman–Crippen MR) is 99.6 cm³/mol. The number of hydroxylamine groups is 1. The summed E-state index contributed by atoms with van der Waals surface area (Å²) in [5.74, 6) is 1.04. The quantitative estimate of drug-likeness (QED) is 0.556. The van der Waals surface area contributed by atoms with E-state index >= 15 is 0 Å². The van der Waals surface area contributed by atoms with Gasteiger partial charge >= 0.3 is 5.97 Å². The SMILES string of the molecule is CCOC(=O)c1sc2nc(CN3CCOCC3)nc(N(C)OC)c2c1C. The van der Waals surface area contributed by atoms with Crippen LogP contribution in [0.15, 0.2) is 0 Å². The Bertz CT molecular complexity index is 789. The van der Waals surface area contributed by atoms with Gasteiger partial charge in [-0.05, 0) is 19.4 Å². The molecule has 1 aliphatic heterocycles. The fourth-order valence-electron chi connectivity index (χ4n) is 2.90. The Hall–Kier alpha value is -1.81. The Balaban J connectivity index is 2.04. The number of fused-ring (bicyclic) bond motifs is 1. The highest BCUT2D eigenvalue weighted by atomic mass is 32.1. The molecule has 0 saturated carbocycles. The topological polar surface area (TPSA) is 77.0 Å². The van der Waals surface area contributed by atoms with E-state index in [1.165, 1.54) is 11.3 Å². The zero-order valence-corrected chi connectivity index (χ0v) is 16.4. The molecule has 0 spiro atoms. The van der Waals surface area contributed by atoms with Crippen molar-refractivity contribution in [3.63, 3.8) is 0 Å². The number of anilines is 1. The van der Waals surface area contributed by atoms with Crippen LogP contribution in [0.4, 0.5) is 5.82 Å². The third-order valence-corrected chi connectivity index (χ3v) is 5.48. The number of hydrogen-bond donors (Lipinski definition) is 0. The van der Waals surface area contributed by atoms with Crippen molar-refractivity contribution >= 4 is 33.3 Å². The third kappa shape index (κ3) is 3.80. The van der Waals surface area contributed by atoms with Crippen molar-refractivity contribution in [2.24, 2.45) is 0 Å². The van der Waals surface area contributed by atoms with Crippen LogP contribution in [-0.2, 0) is 20.9 Å². The summed E-state index contributed by atoms with van der Waals surface area (Å²) in [6.45, 7) is 7.81. The van der Waals surface area contributed by atoms with Gasteiger partial charge in [-0.2, -0.15) is 0 Å². The number of hydrogen-bond acceptors (Lipinski definition) is 9. The normalized spacial score (nSPS) is 15.4. The summed E-state index contributed by atoms with van der Waals surface area (Å²) in [6, 6.07) is 0. The smallest absolute Gasteiger partial charge is 0.348 e. The van der Waals surface area contributed by atoms with Crippen molar-refractivity contribution in [1.82, 2.24) is 14.9 Å². The van der Waals surface area contributed by atoms with Gasteiger partial charge in [0, 0.05) is 20.1 Å². The minimum Gasteiger partial charge on any atom is -0.462 e. The molecule has 0 atom stereocenters. The Labute approximate surface area is 156 Å². The molecule has 0 aliphatic carbocycles. The monoisotopic (exact) mass is 380 g/mol. The molecule has 0 N–H and O–H groups in total. The molecule has 26 heavy (non-hydrogen) atoms. The largest absolute Gasteiger partial charge is 0.462 e. The highest BCUT2D eigenvalue weighted by Crippen LogP contribution is 2.35. The second-order valence-electron chi connectivity index (χ2n) is 5.99. The van der Waals surface area contributed by atoms with Gasteiger partial charge in [-0.25, -0.2) is 19.8 Å². The number of aromatic nitrogens is 2. The summed E-state index contributed by atoms with van der Waals surface area (Å²) in [6.07, 6.45) is 0. The lowest BCUT2D eigenvalue weighted by Gasteiger charge is -2.26. The lowest BCUT2D eigenvalue weighted by Crippen LogP contribution is -2.36. The van der Waals surface area contributed by atoms with Crippen LogP contribution in [0.1, 0.15) is 28.0 Å². The van der Waals surface area contributed by atoms with Gasteiger partial charge in [0.15, 0.2) is 5.82 Å². The third-order valence-electron chi connectivity index (χ3n) is 4.32. The Morgan fingerprint density at radius 3 is 2.73 bits per heavy atom. The average molecular weight is 380 g/mol. The van der Waals surface area contributed by atoms with E-state index in [2.05, 4.69) is 4.90 Å². The van der Waals surface area contributed by atoms with Crippen LogP contribution in [-0.4, -0.2) is 67.9 Å². The number of thiophene rings is 1. The van der Waals surface area contributed by atoms with Gasteiger partial charge in [-0.1, -0.05) is 0 Å². The molecule has 0 aromatic carbocycles. The first kappa shape index (κ1) is 19.0. The van der Waals surface area contributed by atoms with E-state index in [0.717, 1.165) is 42.1 Å². The van der Waals surface area contributed by atoms with Crippen LogP contribution in [0.5, 0.6) is 0 Å². The molecule has 1 aliphatic rings. The molecule has 1 fully saturated rings. The van der Waals surface area contributed by atoms with Crippen LogP contribution < -0.4 is 5.06 Å². The van der Waals surface area contributed by atoms with Crippen molar-refractivity contribution < 1.29 is 19.1 Å². The number of carbonyl (C=O) groups is 1. The van der Waals surface area contributed by atoms with Crippen molar-refractivity contribution in [3.8, 4) is 0 Å². The van der Waals surface area contributed by atoms with E-state index in [9.17, 15) is 4.79 Å². The number of rotatable bonds is 6. The molecule has 1 saturated heterocycles. The molecule has 0 unspecified atom stereocenters. The first-order valence-corrected chi connectivity index (χ1v) is 9.41. The van der Waals surface area contributed by atoms with Gasteiger partial charge in [0.05, 0.1) is 38.9 Å². The first-order valence-electron chi connectivity index (χ1n) is 8.60. The van der Waals surface area contributed by atoms with Gasteiger partial charge in [-0.3, -0.25) is 9.74 Å². The molecule has 8 nitrogen and oxygen atoms in total. The Kier molecular flexibility index (Phi) is 6.02. The van der Waals surface area contributed by atoms with Crippen molar-refractivity contribution in [2.75, 3.05) is 52.1 Å². The molecule has 2 aromatic heterocycles. The fraction of sp³-hybridized carbons (Fsp3) is 0.588. The first-order chi connectivity index (χ1) is 12.5. The number of esters is 1. The van der Waals surface area contributed by atoms with Crippen LogP contribution in [0.25, 0.3) is 10.2 Å². The van der Waals surface area contributed by atoms with E-state index in [0.29, 0.717) is 29.7 Å². The second-order valence-corrected chi connectivity index (χ2v) is 6.99. The predicted octanol–water partition coefficient (Wildman–Crippen LogP) is 2.01. The number of aryl methyl sites for hydroxylation is 1. The maximum absolute atomic E-state index is 12.3. The van der Waals surface area contributed by atoms with Gasteiger partial charge in [0.2, 0.25) is 0 Å². The highest BCUT2D eigenvalue weighted by molar-refractivity contribution is 7.20. The van der Waals surface area contributed by atoms with Gasteiger partial charge in [0.25, 0.3) is 0 Å². The standard InChI is InChI=1S/C17H24N4O4S/c1-5-25-17(22)14-11(2)13-15(20(3)23-4)18-12(19-16(13)26-14)10-21-6-8-24-9-7-21/h5-10H2,1-4H3. The van der Waals surface area contributed by atoms with Crippen molar-refractivity contribution in [3.05, 3.63) is 16.3 Å². The molecule has 0 bridgehead atoms. The molecular formula is C17H24N4O4S. The van der Waals surface area contributed by atoms with E-state index in [-0.39, 0.29) is 5.97 Å². The van der Waals surface area contributed by atoms with E-state index in [1.807, 2.05) is 6.92 Å². The molecule has 142 valence electrons. The minimum atomic E-state index is -0.325. The maximum atomic E-state index is 12.3. The van der Waals surface area contributed by atoms with Gasteiger partial charge in [0.1, 0.15) is 15.5 Å². The van der Waals surface area contributed by atoms with E-state index in [1.54, 1.807) is 26.1 Å². The maximum Gasteiger partial charge on any atom is 0.348 e.